The summed E-state index contributed by atoms with van der Waals surface area (Å²) in [6, 6.07) is 10.0. The molecule has 0 saturated carbocycles. The quantitative estimate of drug-likeness (QED) is 0.729. The third kappa shape index (κ3) is 5.83. The molecule has 2 N–H and O–H groups in total. The van der Waals surface area contributed by atoms with Crippen LogP contribution in [0.2, 0.25) is 0 Å². The van der Waals surface area contributed by atoms with Crippen LogP contribution in [0.4, 0.5) is 0 Å². The van der Waals surface area contributed by atoms with E-state index in [-0.39, 0.29) is 11.9 Å². The van der Waals surface area contributed by atoms with Gasteiger partial charge in [-0.15, -0.1) is 0 Å². The number of carbonyl (C=O) groups excluding carboxylic acids is 1. The van der Waals surface area contributed by atoms with Gasteiger partial charge in [0.15, 0.2) is 0 Å². The minimum Gasteiger partial charge on any atom is -0.379 e. The largest absolute Gasteiger partial charge is 0.379 e. The topological polar surface area (TPSA) is 53.6 Å². The third-order valence-electron chi connectivity index (χ3n) is 3.67. The smallest absolute Gasteiger partial charge is 0.234 e. The van der Waals surface area contributed by atoms with Crippen molar-refractivity contribution >= 4 is 5.91 Å². The molecule has 1 aliphatic heterocycles. The molecule has 1 atom stereocenters. The molecule has 1 saturated heterocycles. The highest BCUT2D eigenvalue weighted by Crippen LogP contribution is 2.10. The van der Waals surface area contributed by atoms with Gasteiger partial charge in [-0.05, 0) is 12.5 Å². The van der Waals surface area contributed by atoms with Crippen molar-refractivity contribution in [1.29, 1.82) is 0 Å². The van der Waals surface area contributed by atoms with Crippen molar-refractivity contribution in [2.45, 2.75) is 13.0 Å². The van der Waals surface area contributed by atoms with Crippen molar-refractivity contribution < 1.29 is 9.53 Å². The first-order valence-electron chi connectivity index (χ1n) is 7.61. The Labute approximate surface area is 126 Å². The Morgan fingerprint density at radius 1 is 1.29 bits per heavy atom. The Bertz CT molecular complexity index is 419. The van der Waals surface area contributed by atoms with Gasteiger partial charge in [0.25, 0.3) is 0 Å². The Balaban J connectivity index is 1.59. The van der Waals surface area contributed by atoms with Crippen molar-refractivity contribution in [3.63, 3.8) is 0 Å². The van der Waals surface area contributed by atoms with E-state index in [1.807, 2.05) is 37.3 Å². The molecular formula is C16H25N3O2. The fourth-order valence-corrected chi connectivity index (χ4v) is 2.38. The molecule has 0 radical (unpaired) electrons. The molecule has 1 heterocycles. The molecule has 0 spiro atoms. The standard InChI is InChI=1S/C16H25N3O2/c1-14(15-5-3-2-4-6-15)18-16(20)13-17-7-8-19-9-11-21-12-10-19/h2-6,14,17H,7-13H2,1H3,(H,18,20). The van der Waals surface area contributed by atoms with Crippen LogP contribution in [0.3, 0.4) is 0 Å². The second-order valence-electron chi connectivity index (χ2n) is 5.33. The minimum atomic E-state index is 0.0355. The van der Waals surface area contributed by atoms with Gasteiger partial charge in [0.2, 0.25) is 5.91 Å². The summed E-state index contributed by atoms with van der Waals surface area (Å²) in [5, 5.41) is 6.19. The number of nitrogens with one attached hydrogen (secondary N) is 2. The number of hydrogen-bond acceptors (Lipinski definition) is 4. The van der Waals surface area contributed by atoms with E-state index >= 15 is 0 Å². The number of benzene rings is 1. The van der Waals surface area contributed by atoms with Crippen LogP contribution >= 0.6 is 0 Å². The lowest BCUT2D eigenvalue weighted by molar-refractivity contribution is -0.120. The summed E-state index contributed by atoms with van der Waals surface area (Å²) < 4.78 is 5.30. The van der Waals surface area contributed by atoms with E-state index in [0.717, 1.165) is 45.0 Å². The number of amides is 1. The van der Waals surface area contributed by atoms with Crippen LogP contribution in [0.1, 0.15) is 18.5 Å². The van der Waals surface area contributed by atoms with Crippen LogP contribution in [0.25, 0.3) is 0 Å². The summed E-state index contributed by atoms with van der Waals surface area (Å²) >= 11 is 0. The van der Waals surface area contributed by atoms with E-state index in [1.54, 1.807) is 0 Å². The Hall–Kier alpha value is -1.43. The summed E-state index contributed by atoms with van der Waals surface area (Å²) in [6.07, 6.45) is 0. The maximum Gasteiger partial charge on any atom is 0.234 e. The van der Waals surface area contributed by atoms with Crippen LogP contribution in [0.5, 0.6) is 0 Å². The second-order valence-corrected chi connectivity index (χ2v) is 5.33. The first kappa shape index (κ1) is 15.9. The van der Waals surface area contributed by atoms with Gasteiger partial charge in [-0.25, -0.2) is 0 Å². The average molecular weight is 291 g/mol. The molecule has 0 aliphatic carbocycles. The van der Waals surface area contributed by atoms with Crippen molar-refractivity contribution in [3.8, 4) is 0 Å². The van der Waals surface area contributed by atoms with Gasteiger partial charge in [-0.1, -0.05) is 30.3 Å². The molecule has 1 unspecified atom stereocenters. The lowest BCUT2D eigenvalue weighted by Gasteiger charge is -2.26. The van der Waals surface area contributed by atoms with E-state index in [4.69, 9.17) is 4.74 Å². The summed E-state index contributed by atoms with van der Waals surface area (Å²) in [7, 11) is 0. The molecule has 5 nitrogen and oxygen atoms in total. The molecule has 0 bridgehead atoms. The van der Waals surface area contributed by atoms with Gasteiger partial charge in [-0.2, -0.15) is 0 Å². The van der Waals surface area contributed by atoms with Crippen molar-refractivity contribution in [1.82, 2.24) is 15.5 Å². The second kappa shape index (κ2) is 8.77. The number of morpholine rings is 1. The first-order chi connectivity index (χ1) is 10.3. The van der Waals surface area contributed by atoms with Crippen molar-refractivity contribution in [2.75, 3.05) is 45.9 Å². The van der Waals surface area contributed by atoms with E-state index in [2.05, 4.69) is 15.5 Å². The van der Waals surface area contributed by atoms with Gasteiger partial charge in [0.1, 0.15) is 0 Å². The molecule has 1 aromatic rings. The molecule has 5 heteroatoms. The SMILES string of the molecule is CC(NC(=O)CNCCN1CCOCC1)c1ccccc1. The highest BCUT2D eigenvalue weighted by molar-refractivity contribution is 5.78. The van der Waals surface area contributed by atoms with E-state index in [1.165, 1.54) is 0 Å². The number of nitrogens with zero attached hydrogens (tertiary/aromatic N) is 1. The van der Waals surface area contributed by atoms with Gasteiger partial charge in [-0.3, -0.25) is 9.69 Å². The molecular weight excluding hydrogens is 266 g/mol. The van der Waals surface area contributed by atoms with Crippen molar-refractivity contribution in [3.05, 3.63) is 35.9 Å². The highest BCUT2D eigenvalue weighted by atomic mass is 16.5. The van der Waals surface area contributed by atoms with Crippen LogP contribution in [0.15, 0.2) is 30.3 Å². The summed E-state index contributed by atoms with van der Waals surface area (Å²) in [5.41, 5.74) is 1.12. The molecule has 1 aliphatic rings. The summed E-state index contributed by atoms with van der Waals surface area (Å²) in [5.74, 6) is 0.0355. The molecule has 1 fully saturated rings. The normalized spacial score (nSPS) is 17.4. The Kier molecular flexibility index (Phi) is 6.66. The van der Waals surface area contributed by atoms with Crippen LogP contribution in [0, 0.1) is 0 Å². The fraction of sp³-hybridized carbons (Fsp3) is 0.562. The van der Waals surface area contributed by atoms with Crippen molar-refractivity contribution in [2.24, 2.45) is 0 Å². The van der Waals surface area contributed by atoms with Crippen LogP contribution in [-0.4, -0.2) is 56.7 Å². The monoisotopic (exact) mass is 291 g/mol. The van der Waals surface area contributed by atoms with Gasteiger partial charge >= 0.3 is 0 Å². The van der Waals surface area contributed by atoms with E-state index in [9.17, 15) is 4.79 Å². The molecule has 0 aromatic heterocycles. The summed E-state index contributed by atoms with van der Waals surface area (Å²) in [6.45, 7) is 7.75. The number of rotatable bonds is 7. The predicted molar refractivity (Wildman–Crippen MR) is 83.1 cm³/mol. The maximum absolute atomic E-state index is 11.9. The molecule has 2 rings (SSSR count). The number of ether oxygens (including phenoxy) is 1. The van der Waals surface area contributed by atoms with Crippen LogP contribution in [-0.2, 0) is 9.53 Å². The Morgan fingerprint density at radius 3 is 2.71 bits per heavy atom. The fourth-order valence-electron chi connectivity index (χ4n) is 2.38. The van der Waals surface area contributed by atoms with Crippen LogP contribution < -0.4 is 10.6 Å². The molecule has 1 amide bonds. The zero-order valence-corrected chi connectivity index (χ0v) is 12.7. The highest BCUT2D eigenvalue weighted by Gasteiger charge is 2.11. The zero-order chi connectivity index (χ0) is 14.9. The van der Waals surface area contributed by atoms with Gasteiger partial charge in [0, 0.05) is 26.2 Å². The van der Waals surface area contributed by atoms with E-state index in [0.29, 0.717) is 6.54 Å². The maximum atomic E-state index is 11.9. The minimum absolute atomic E-state index is 0.0355. The first-order valence-corrected chi connectivity index (χ1v) is 7.61. The predicted octanol–water partition coefficient (Wildman–Crippen LogP) is 0.786. The zero-order valence-electron chi connectivity index (χ0n) is 12.7. The number of hydrogen-bond donors (Lipinski definition) is 2. The Morgan fingerprint density at radius 2 is 2.00 bits per heavy atom. The molecule has 116 valence electrons. The average Bonchev–Trinajstić information content (AvgIpc) is 2.53. The lowest BCUT2D eigenvalue weighted by Crippen LogP contribution is -2.42. The number of carbonyl (C=O) groups is 1. The summed E-state index contributed by atoms with van der Waals surface area (Å²) in [4.78, 5) is 14.2. The van der Waals surface area contributed by atoms with Gasteiger partial charge in [0.05, 0.1) is 25.8 Å². The molecule has 21 heavy (non-hydrogen) atoms. The van der Waals surface area contributed by atoms with E-state index < -0.39 is 0 Å². The van der Waals surface area contributed by atoms with Gasteiger partial charge < -0.3 is 15.4 Å². The molecule has 1 aromatic carbocycles. The third-order valence-corrected chi connectivity index (χ3v) is 3.67. The lowest BCUT2D eigenvalue weighted by atomic mass is 10.1.